The van der Waals surface area contributed by atoms with E-state index in [-0.39, 0.29) is 24.0 Å². The van der Waals surface area contributed by atoms with Gasteiger partial charge in [0.15, 0.2) is 5.16 Å². The lowest BCUT2D eigenvalue weighted by atomic mass is 10.2. The zero-order valence-corrected chi connectivity index (χ0v) is 19.7. The van der Waals surface area contributed by atoms with Gasteiger partial charge >= 0.3 is 0 Å². The van der Waals surface area contributed by atoms with Crippen LogP contribution in [0.5, 0.6) is 0 Å². The Bertz CT molecular complexity index is 1140. The van der Waals surface area contributed by atoms with Crippen molar-refractivity contribution in [1.82, 2.24) is 14.8 Å². The number of aromatic nitrogens is 3. The summed E-state index contributed by atoms with van der Waals surface area (Å²) < 4.78 is 1.68. The molecule has 0 unspecified atom stereocenters. The van der Waals surface area contributed by atoms with Crippen LogP contribution in [0.3, 0.4) is 0 Å². The van der Waals surface area contributed by atoms with E-state index in [0.717, 1.165) is 5.56 Å². The number of hydrogen-bond donors (Lipinski definition) is 2. The average molecular weight is 499 g/mol. The van der Waals surface area contributed by atoms with E-state index in [4.69, 9.17) is 34.8 Å². The van der Waals surface area contributed by atoms with Gasteiger partial charge in [0.25, 0.3) is 0 Å². The molecule has 3 aromatic rings. The van der Waals surface area contributed by atoms with Gasteiger partial charge in [0.1, 0.15) is 5.82 Å². The highest BCUT2D eigenvalue weighted by Gasteiger charge is 2.15. The predicted octanol–water partition coefficient (Wildman–Crippen LogP) is 5.00. The smallest absolute Gasteiger partial charge is 0.234 e. The van der Waals surface area contributed by atoms with E-state index in [1.165, 1.54) is 11.8 Å². The Labute approximate surface area is 198 Å². The zero-order chi connectivity index (χ0) is 22.5. The molecule has 31 heavy (non-hydrogen) atoms. The van der Waals surface area contributed by atoms with E-state index >= 15 is 0 Å². The van der Waals surface area contributed by atoms with Crippen LogP contribution in [-0.2, 0) is 23.1 Å². The Kier molecular flexibility index (Phi) is 7.83. The summed E-state index contributed by atoms with van der Waals surface area (Å²) in [6.45, 7) is 1.87. The van der Waals surface area contributed by atoms with Gasteiger partial charge in [0.2, 0.25) is 11.8 Å². The number of rotatable bonds is 7. The van der Waals surface area contributed by atoms with Crippen LogP contribution in [0.15, 0.2) is 41.6 Å². The van der Waals surface area contributed by atoms with E-state index in [0.29, 0.717) is 37.4 Å². The minimum absolute atomic E-state index is 0.0144. The molecule has 2 aromatic carbocycles. The standard InChI is InChI=1S/C20H18Cl3N5O2S/c1-11-7-12(21)3-6-16(11)25-19(30)10-31-20-27-26-17(28(20)2)9-18(29)24-13-4-5-14(22)15(23)8-13/h3-8H,9-10H2,1-2H3,(H,24,29)(H,25,30). The fourth-order valence-corrected chi connectivity index (χ4v) is 3.89. The summed E-state index contributed by atoms with van der Waals surface area (Å²) in [5, 5.41) is 15.6. The number of nitrogens with zero attached hydrogens (tertiary/aromatic N) is 3. The Morgan fingerprint density at radius 3 is 2.48 bits per heavy atom. The second-order valence-electron chi connectivity index (χ2n) is 6.61. The lowest BCUT2D eigenvalue weighted by molar-refractivity contribution is -0.116. The average Bonchev–Trinajstić information content (AvgIpc) is 3.05. The molecule has 0 aliphatic heterocycles. The highest BCUT2D eigenvalue weighted by Crippen LogP contribution is 2.25. The van der Waals surface area contributed by atoms with Crippen LogP contribution in [0.25, 0.3) is 0 Å². The molecule has 0 saturated heterocycles. The predicted molar refractivity (Wildman–Crippen MR) is 125 cm³/mol. The van der Waals surface area contributed by atoms with Gasteiger partial charge in [-0.15, -0.1) is 10.2 Å². The molecule has 11 heteroatoms. The number of nitrogens with one attached hydrogen (secondary N) is 2. The number of hydrogen-bond acceptors (Lipinski definition) is 5. The molecular weight excluding hydrogens is 481 g/mol. The number of carbonyl (C=O) groups excluding carboxylic acids is 2. The van der Waals surface area contributed by atoms with Gasteiger partial charge in [-0.2, -0.15) is 0 Å². The number of aryl methyl sites for hydroxylation is 1. The van der Waals surface area contributed by atoms with Crippen LogP contribution in [0.1, 0.15) is 11.4 Å². The summed E-state index contributed by atoms with van der Waals surface area (Å²) in [5.41, 5.74) is 2.11. The molecule has 0 spiro atoms. The van der Waals surface area contributed by atoms with E-state index in [2.05, 4.69) is 20.8 Å². The largest absolute Gasteiger partial charge is 0.326 e. The summed E-state index contributed by atoms with van der Waals surface area (Å²) in [6.07, 6.45) is 0.0144. The number of halogens is 3. The van der Waals surface area contributed by atoms with Crippen molar-refractivity contribution in [3.63, 3.8) is 0 Å². The van der Waals surface area contributed by atoms with Crippen LogP contribution < -0.4 is 10.6 Å². The lowest BCUT2D eigenvalue weighted by Gasteiger charge is -2.09. The van der Waals surface area contributed by atoms with Crippen LogP contribution in [0.2, 0.25) is 15.1 Å². The first-order chi connectivity index (χ1) is 14.7. The van der Waals surface area contributed by atoms with E-state index in [9.17, 15) is 9.59 Å². The number of carbonyl (C=O) groups is 2. The number of amides is 2. The molecule has 2 N–H and O–H groups in total. The van der Waals surface area contributed by atoms with Crippen LogP contribution >= 0.6 is 46.6 Å². The van der Waals surface area contributed by atoms with Crippen molar-refractivity contribution in [2.75, 3.05) is 16.4 Å². The van der Waals surface area contributed by atoms with Gasteiger partial charge in [0, 0.05) is 23.4 Å². The maximum atomic E-state index is 12.3. The first-order valence-corrected chi connectivity index (χ1v) is 11.2. The van der Waals surface area contributed by atoms with Crippen LogP contribution in [0.4, 0.5) is 11.4 Å². The maximum Gasteiger partial charge on any atom is 0.234 e. The third-order valence-corrected chi connectivity index (χ3v) is 6.24. The molecule has 0 atom stereocenters. The molecule has 2 amide bonds. The van der Waals surface area contributed by atoms with Gasteiger partial charge < -0.3 is 15.2 Å². The number of thioether (sulfide) groups is 1. The van der Waals surface area contributed by atoms with Gasteiger partial charge in [0.05, 0.1) is 22.2 Å². The molecule has 0 aliphatic carbocycles. The monoisotopic (exact) mass is 497 g/mol. The summed E-state index contributed by atoms with van der Waals surface area (Å²) in [7, 11) is 1.74. The zero-order valence-electron chi connectivity index (χ0n) is 16.6. The first-order valence-electron chi connectivity index (χ1n) is 9.05. The summed E-state index contributed by atoms with van der Waals surface area (Å²) in [4.78, 5) is 24.6. The minimum Gasteiger partial charge on any atom is -0.326 e. The molecule has 1 aromatic heterocycles. The highest BCUT2D eigenvalue weighted by molar-refractivity contribution is 7.99. The van der Waals surface area contributed by atoms with Crippen LogP contribution in [0, 0.1) is 6.92 Å². The lowest BCUT2D eigenvalue weighted by Crippen LogP contribution is -2.17. The van der Waals surface area contributed by atoms with E-state index < -0.39 is 0 Å². The molecular formula is C20H18Cl3N5O2S. The molecule has 0 saturated carbocycles. The summed E-state index contributed by atoms with van der Waals surface area (Å²) in [5.74, 6) is 0.150. The molecule has 7 nitrogen and oxygen atoms in total. The SMILES string of the molecule is Cc1cc(Cl)ccc1NC(=O)CSc1nnc(CC(=O)Nc2ccc(Cl)c(Cl)c2)n1C. The molecule has 0 aliphatic rings. The van der Waals surface area contributed by atoms with Crippen molar-refractivity contribution in [3.05, 3.63) is 62.9 Å². The van der Waals surface area contributed by atoms with Crippen molar-refractivity contribution in [2.24, 2.45) is 7.05 Å². The number of benzene rings is 2. The minimum atomic E-state index is -0.276. The van der Waals surface area contributed by atoms with Crippen LogP contribution in [-0.4, -0.2) is 32.3 Å². The fourth-order valence-electron chi connectivity index (χ4n) is 2.63. The quantitative estimate of drug-likeness (QED) is 0.448. The van der Waals surface area contributed by atoms with E-state index in [1.54, 1.807) is 48.0 Å². The normalized spacial score (nSPS) is 10.7. The third-order valence-electron chi connectivity index (χ3n) is 4.24. The van der Waals surface area contributed by atoms with Gasteiger partial charge in [-0.05, 0) is 48.9 Å². The molecule has 0 bridgehead atoms. The van der Waals surface area contributed by atoms with Gasteiger partial charge in [-0.3, -0.25) is 9.59 Å². The summed E-state index contributed by atoms with van der Waals surface area (Å²) in [6, 6.07) is 10.1. The third kappa shape index (κ3) is 6.36. The molecule has 3 rings (SSSR count). The van der Waals surface area contributed by atoms with Crippen molar-refractivity contribution >= 4 is 69.8 Å². The maximum absolute atomic E-state index is 12.3. The Morgan fingerprint density at radius 1 is 1.00 bits per heavy atom. The molecule has 1 heterocycles. The molecule has 0 fully saturated rings. The first kappa shape index (κ1) is 23.4. The van der Waals surface area contributed by atoms with Crippen molar-refractivity contribution in [1.29, 1.82) is 0 Å². The highest BCUT2D eigenvalue weighted by atomic mass is 35.5. The Morgan fingerprint density at radius 2 is 1.77 bits per heavy atom. The van der Waals surface area contributed by atoms with Gasteiger partial charge in [-0.25, -0.2) is 0 Å². The van der Waals surface area contributed by atoms with Gasteiger partial charge in [-0.1, -0.05) is 46.6 Å². The van der Waals surface area contributed by atoms with Crippen molar-refractivity contribution in [2.45, 2.75) is 18.5 Å². The molecule has 162 valence electrons. The van der Waals surface area contributed by atoms with E-state index in [1.807, 2.05) is 6.92 Å². The fraction of sp³-hybridized carbons (Fsp3) is 0.200. The Hall–Kier alpha value is -2.26. The second kappa shape index (κ2) is 10.4. The van der Waals surface area contributed by atoms with Crippen molar-refractivity contribution < 1.29 is 9.59 Å². The van der Waals surface area contributed by atoms with Crippen molar-refractivity contribution in [3.8, 4) is 0 Å². The Balaban J connectivity index is 1.55. The number of anilines is 2. The molecule has 0 radical (unpaired) electrons. The summed E-state index contributed by atoms with van der Waals surface area (Å²) >= 11 is 19.0. The topological polar surface area (TPSA) is 88.9 Å². The second-order valence-corrected chi connectivity index (χ2v) is 8.80.